The first-order valence-electron chi connectivity index (χ1n) is 10.4. The second-order valence-corrected chi connectivity index (χ2v) is 7.31. The van der Waals surface area contributed by atoms with Crippen LogP contribution in [-0.4, -0.2) is 59.0 Å². The Labute approximate surface area is 172 Å². The molecular weight excluding hydrogens is 366 g/mol. The van der Waals surface area contributed by atoms with E-state index < -0.39 is 0 Å². The lowest BCUT2D eigenvalue weighted by molar-refractivity contribution is -0.133. The minimum atomic E-state index is 0.0368. The zero-order chi connectivity index (χ0) is 20.8. The van der Waals surface area contributed by atoms with E-state index in [1.165, 1.54) is 0 Å². The molecule has 1 atom stereocenters. The Kier molecular flexibility index (Phi) is 7.04. The molecule has 0 aliphatic carbocycles. The summed E-state index contributed by atoms with van der Waals surface area (Å²) < 4.78 is 5.38. The molecule has 1 aliphatic heterocycles. The van der Waals surface area contributed by atoms with E-state index in [0.29, 0.717) is 6.54 Å². The number of methoxy groups -OCH3 is 1. The molecule has 1 amide bonds. The molecule has 0 spiro atoms. The Morgan fingerprint density at radius 3 is 2.83 bits per heavy atom. The molecule has 3 rings (SSSR count). The molecule has 1 aromatic carbocycles. The van der Waals surface area contributed by atoms with Crippen molar-refractivity contribution < 1.29 is 9.53 Å². The maximum Gasteiger partial charge on any atom is 0.236 e. The molecule has 1 aromatic heterocycles. The highest BCUT2D eigenvalue weighted by molar-refractivity contribution is 5.78. The molecule has 1 unspecified atom stereocenters. The standard InChI is InChI=1S/C22H31N5O2/c1-4-26(5-2)20(28)15-27-12-7-6-11-19(27)21-18(14-24-22(23)25-21)16-9-8-10-17(13-16)29-3/h8-10,13-14,19H,4-7,11-12,15H2,1-3H3,(H2,23,24,25). The predicted octanol–water partition coefficient (Wildman–Crippen LogP) is 3.13. The normalized spacial score (nSPS) is 17.1. The molecule has 29 heavy (non-hydrogen) atoms. The van der Waals surface area contributed by atoms with Gasteiger partial charge in [0.25, 0.3) is 0 Å². The van der Waals surface area contributed by atoms with Gasteiger partial charge in [0.15, 0.2) is 0 Å². The van der Waals surface area contributed by atoms with Gasteiger partial charge in [-0.1, -0.05) is 18.6 Å². The summed E-state index contributed by atoms with van der Waals surface area (Å²) in [5, 5.41) is 0. The number of nitrogens with zero attached hydrogens (tertiary/aromatic N) is 4. The number of carbonyl (C=O) groups is 1. The summed E-state index contributed by atoms with van der Waals surface area (Å²) in [5.41, 5.74) is 8.77. The lowest BCUT2D eigenvalue weighted by Gasteiger charge is -2.36. The van der Waals surface area contributed by atoms with E-state index in [2.05, 4.69) is 14.9 Å². The zero-order valence-electron chi connectivity index (χ0n) is 17.6. The third-order valence-electron chi connectivity index (χ3n) is 5.60. The fourth-order valence-electron chi connectivity index (χ4n) is 4.02. The summed E-state index contributed by atoms with van der Waals surface area (Å²) in [4.78, 5) is 25.8. The molecule has 1 fully saturated rings. The number of carbonyl (C=O) groups excluding carboxylic acids is 1. The van der Waals surface area contributed by atoms with E-state index in [9.17, 15) is 4.79 Å². The molecule has 0 bridgehead atoms. The number of aromatic nitrogens is 2. The van der Waals surface area contributed by atoms with E-state index in [-0.39, 0.29) is 17.9 Å². The van der Waals surface area contributed by atoms with Crippen molar-refractivity contribution in [1.29, 1.82) is 0 Å². The molecule has 2 N–H and O–H groups in total. The smallest absolute Gasteiger partial charge is 0.236 e. The SMILES string of the molecule is CCN(CC)C(=O)CN1CCCCC1c1nc(N)ncc1-c1cccc(OC)c1. The number of rotatable bonds is 7. The third kappa shape index (κ3) is 4.85. The number of nitrogen functional groups attached to an aromatic ring is 1. The molecule has 156 valence electrons. The number of hydrogen-bond donors (Lipinski definition) is 1. The summed E-state index contributed by atoms with van der Waals surface area (Å²) in [5.74, 6) is 1.20. The highest BCUT2D eigenvalue weighted by atomic mass is 16.5. The number of likely N-dealkylation sites (N-methyl/N-ethyl adjacent to an activating group) is 1. The van der Waals surface area contributed by atoms with Crippen molar-refractivity contribution in [2.24, 2.45) is 0 Å². The Morgan fingerprint density at radius 2 is 2.10 bits per heavy atom. The van der Waals surface area contributed by atoms with Gasteiger partial charge < -0.3 is 15.4 Å². The van der Waals surface area contributed by atoms with E-state index in [1.54, 1.807) is 13.3 Å². The van der Waals surface area contributed by atoms with Gasteiger partial charge in [-0.25, -0.2) is 9.97 Å². The lowest BCUT2D eigenvalue weighted by atomic mass is 9.93. The number of piperidine rings is 1. The summed E-state index contributed by atoms with van der Waals surface area (Å²) in [7, 11) is 1.65. The summed E-state index contributed by atoms with van der Waals surface area (Å²) in [6.45, 7) is 6.75. The first-order valence-corrected chi connectivity index (χ1v) is 10.4. The Balaban J connectivity index is 1.96. The largest absolute Gasteiger partial charge is 0.497 e. The van der Waals surface area contributed by atoms with Crippen LogP contribution in [0.15, 0.2) is 30.5 Å². The van der Waals surface area contributed by atoms with Crippen LogP contribution in [0.25, 0.3) is 11.1 Å². The van der Waals surface area contributed by atoms with Crippen molar-refractivity contribution in [1.82, 2.24) is 19.8 Å². The lowest BCUT2D eigenvalue weighted by Crippen LogP contribution is -2.43. The maximum atomic E-state index is 12.8. The Morgan fingerprint density at radius 1 is 1.31 bits per heavy atom. The quantitative estimate of drug-likeness (QED) is 0.773. The van der Waals surface area contributed by atoms with Crippen LogP contribution in [0.2, 0.25) is 0 Å². The van der Waals surface area contributed by atoms with Crippen LogP contribution >= 0.6 is 0 Å². The van der Waals surface area contributed by atoms with Gasteiger partial charge in [-0.15, -0.1) is 0 Å². The highest BCUT2D eigenvalue weighted by Gasteiger charge is 2.30. The van der Waals surface area contributed by atoms with Crippen LogP contribution in [0, 0.1) is 0 Å². The number of anilines is 1. The fraction of sp³-hybridized carbons (Fsp3) is 0.500. The van der Waals surface area contributed by atoms with Crippen molar-refractivity contribution >= 4 is 11.9 Å². The minimum absolute atomic E-state index is 0.0368. The van der Waals surface area contributed by atoms with Gasteiger partial charge in [0.2, 0.25) is 11.9 Å². The van der Waals surface area contributed by atoms with Gasteiger partial charge in [-0.3, -0.25) is 9.69 Å². The van der Waals surface area contributed by atoms with Crippen LogP contribution in [0.1, 0.15) is 44.8 Å². The number of hydrogen-bond acceptors (Lipinski definition) is 6. The molecular formula is C22H31N5O2. The minimum Gasteiger partial charge on any atom is -0.497 e. The Hall–Kier alpha value is -2.67. The van der Waals surface area contributed by atoms with Crippen molar-refractivity contribution in [3.8, 4) is 16.9 Å². The van der Waals surface area contributed by atoms with Gasteiger partial charge in [-0.2, -0.15) is 0 Å². The van der Waals surface area contributed by atoms with Crippen LogP contribution in [0.4, 0.5) is 5.95 Å². The van der Waals surface area contributed by atoms with E-state index in [4.69, 9.17) is 10.5 Å². The molecule has 2 aromatic rings. The van der Waals surface area contributed by atoms with Gasteiger partial charge in [0.1, 0.15) is 5.75 Å². The van der Waals surface area contributed by atoms with Gasteiger partial charge in [0.05, 0.1) is 25.4 Å². The van der Waals surface area contributed by atoms with Gasteiger partial charge in [-0.05, 0) is 50.9 Å². The monoisotopic (exact) mass is 397 g/mol. The number of nitrogens with two attached hydrogens (primary N) is 1. The average Bonchev–Trinajstić information content (AvgIpc) is 2.75. The highest BCUT2D eigenvalue weighted by Crippen LogP contribution is 2.36. The van der Waals surface area contributed by atoms with Crippen molar-refractivity contribution in [2.75, 3.05) is 39.0 Å². The molecule has 1 saturated heterocycles. The zero-order valence-corrected chi connectivity index (χ0v) is 17.6. The molecule has 2 heterocycles. The van der Waals surface area contributed by atoms with Crippen LogP contribution in [0.3, 0.4) is 0 Å². The molecule has 1 aliphatic rings. The molecule has 7 nitrogen and oxygen atoms in total. The second kappa shape index (κ2) is 9.69. The van der Waals surface area contributed by atoms with Crippen LogP contribution in [0.5, 0.6) is 5.75 Å². The van der Waals surface area contributed by atoms with Crippen LogP contribution < -0.4 is 10.5 Å². The topological polar surface area (TPSA) is 84.6 Å². The number of benzene rings is 1. The van der Waals surface area contributed by atoms with E-state index >= 15 is 0 Å². The second-order valence-electron chi connectivity index (χ2n) is 7.31. The molecule has 7 heteroatoms. The van der Waals surface area contributed by atoms with Crippen molar-refractivity contribution in [2.45, 2.75) is 39.2 Å². The van der Waals surface area contributed by atoms with Crippen LogP contribution in [-0.2, 0) is 4.79 Å². The molecule has 0 saturated carbocycles. The van der Waals surface area contributed by atoms with E-state index in [0.717, 1.165) is 61.5 Å². The van der Waals surface area contributed by atoms with Crippen molar-refractivity contribution in [3.05, 3.63) is 36.2 Å². The van der Waals surface area contributed by atoms with Crippen molar-refractivity contribution in [3.63, 3.8) is 0 Å². The maximum absolute atomic E-state index is 12.8. The summed E-state index contributed by atoms with van der Waals surface area (Å²) in [6, 6.07) is 7.91. The first-order chi connectivity index (χ1) is 14.1. The van der Waals surface area contributed by atoms with Gasteiger partial charge >= 0.3 is 0 Å². The third-order valence-corrected chi connectivity index (χ3v) is 5.60. The Bertz CT molecular complexity index is 838. The van der Waals surface area contributed by atoms with E-state index in [1.807, 2.05) is 43.0 Å². The summed E-state index contributed by atoms with van der Waals surface area (Å²) in [6.07, 6.45) is 4.91. The number of likely N-dealkylation sites (tertiary alicyclic amines) is 1. The predicted molar refractivity (Wildman–Crippen MR) is 115 cm³/mol. The number of ether oxygens (including phenoxy) is 1. The fourth-order valence-corrected chi connectivity index (χ4v) is 4.02. The van der Waals surface area contributed by atoms with Gasteiger partial charge in [0, 0.05) is 24.8 Å². The summed E-state index contributed by atoms with van der Waals surface area (Å²) >= 11 is 0. The average molecular weight is 398 g/mol. The number of amides is 1. The first kappa shape index (κ1) is 21.0. The molecule has 0 radical (unpaired) electrons.